The second-order valence-electron chi connectivity index (χ2n) is 7.52. The lowest BCUT2D eigenvalue weighted by atomic mass is 10.1. The first kappa shape index (κ1) is 22.5. The lowest BCUT2D eigenvalue weighted by Gasteiger charge is -2.29. The lowest BCUT2D eigenvalue weighted by Crippen LogP contribution is -2.47. The zero-order valence-electron chi connectivity index (χ0n) is 17.6. The van der Waals surface area contributed by atoms with Crippen LogP contribution in [0.25, 0.3) is 0 Å². The summed E-state index contributed by atoms with van der Waals surface area (Å²) in [5, 5.41) is 3.23. The molecule has 3 rings (SSSR count). The van der Waals surface area contributed by atoms with Gasteiger partial charge in [0.1, 0.15) is 0 Å². The Hall–Kier alpha value is -2.22. The number of amides is 1. The number of sulfonamides is 1. The van der Waals surface area contributed by atoms with Crippen molar-refractivity contribution in [2.75, 3.05) is 39.3 Å². The minimum atomic E-state index is -3.67. The molecule has 0 aliphatic carbocycles. The van der Waals surface area contributed by atoms with E-state index in [4.69, 9.17) is 0 Å². The normalized spacial score (nSPS) is 14.8. The Balaban J connectivity index is 1.73. The molecule has 0 unspecified atom stereocenters. The van der Waals surface area contributed by atoms with Crippen LogP contribution in [0.3, 0.4) is 0 Å². The fourth-order valence-corrected chi connectivity index (χ4v) is 5.03. The van der Waals surface area contributed by atoms with Crippen molar-refractivity contribution in [3.8, 4) is 0 Å². The molecule has 1 heterocycles. The van der Waals surface area contributed by atoms with E-state index < -0.39 is 10.0 Å². The smallest absolute Gasteiger partial charge is 0.243 e. The Morgan fingerprint density at radius 3 is 2.27 bits per heavy atom. The molecular weight excluding hydrogens is 398 g/mol. The number of benzene rings is 2. The van der Waals surface area contributed by atoms with Crippen molar-refractivity contribution >= 4 is 15.9 Å². The van der Waals surface area contributed by atoms with Crippen molar-refractivity contribution < 1.29 is 13.2 Å². The van der Waals surface area contributed by atoms with E-state index in [1.54, 1.807) is 12.1 Å². The molecule has 7 heteroatoms. The van der Waals surface area contributed by atoms with Crippen molar-refractivity contribution in [2.24, 2.45) is 0 Å². The van der Waals surface area contributed by atoms with Crippen LogP contribution in [-0.2, 0) is 27.7 Å². The maximum atomic E-state index is 13.3. The van der Waals surface area contributed by atoms with Gasteiger partial charge in [-0.25, -0.2) is 8.42 Å². The third-order valence-electron chi connectivity index (χ3n) is 5.51. The van der Waals surface area contributed by atoms with Crippen molar-refractivity contribution in [2.45, 2.75) is 31.1 Å². The highest BCUT2D eigenvalue weighted by Gasteiger charge is 2.26. The van der Waals surface area contributed by atoms with Gasteiger partial charge in [-0.3, -0.25) is 4.79 Å². The van der Waals surface area contributed by atoms with Crippen LogP contribution in [0.2, 0.25) is 0 Å². The van der Waals surface area contributed by atoms with Crippen LogP contribution >= 0.6 is 0 Å². The third-order valence-corrected chi connectivity index (χ3v) is 7.42. The van der Waals surface area contributed by atoms with E-state index in [0.717, 1.165) is 30.6 Å². The average Bonchev–Trinajstić information content (AvgIpc) is 2.80. The minimum Gasteiger partial charge on any atom is -0.340 e. The number of nitrogens with zero attached hydrogens (tertiary/aromatic N) is 2. The van der Waals surface area contributed by atoms with E-state index in [0.29, 0.717) is 26.1 Å². The highest BCUT2D eigenvalue weighted by molar-refractivity contribution is 7.89. The molecule has 162 valence electrons. The Morgan fingerprint density at radius 1 is 0.967 bits per heavy atom. The van der Waals surface area contributed by atoms with Gasteiger partial charge in [-0.05, 0) is 36.1 Å². The number of piperazine rings is 1. The quantitative estimate of drug-likeness (QED) is 0.664. The van der Waals surface area contributed by atoms with E-state index in [1.165, 1.54) is 4.31 Å². The van der Waals surface area contributed by atoms with Crippen LogP contribution in [0.15, 0.2) is 59.5 Å². The maximum absolute atomic E-state index is 13.3. The molecule has 0 aromatic heterocycles. The van der Waals surface area contributed by atoms with Crippen molar-refractivity contribution in [3.05, 3.63) is 65.7 Å². The Kier molecular flexibility index (Phi) is 8.01. The van der Waals surface area contributed by atoms with Crippen LogP contribution in [0.1, 0.15) is 24.5 Å². The average molecular weight is 430 g/mol. The van der Waals surface area contributed by atoms with Crippen LogP contribution in [0, 0.1) is 0 Å². The molecular formula is C23H31N3O3S. The summed E-state index contributed by atoms with van der Waals surface area (Å²) in [6.07, 6.45) is 1.66. The molecule has 1 N–H and O–H groups in total. The van der Waals surface area contributed by atoms with Crippen molar-refractivity contribution in [1.82, 2.24) is 14.5 Å². The molecule has 6 nitrogen and oxygen atoms in total. The first-order chi connectivity index (χ1) is 14.5. The van der Waals surface area contributed by atoms with Crippen LogP contribution < -0.4 is 5.32 Å². The molecule has 1 amide bonds. The molecule has 2 aromatic carbocycles. The Labute approximate surface area is 179 Å². The summed E-state index contributed by atoms with van der Waals surface area (Å²) >= 11 is 0. The largest absolute Gasteiger partial charge is 0.340 e. The topological polar surface area (TPSA) is 69.7 Å². The Bertz CT molecular complexity index is 908. The standard InChI is InChI=1S/C23H31N3O3S/c1-2-20-8-10-22(11-9-20)30(28,29)26(16-12-21-6-4-3-5-7-21)17-13-23(27)25-18-14-24-15-19-25/h3-11,24H,2,12-19H2,1H3. The van der Waals surface area contributed by atoms with Gasteiger partial charge in [0.15, 0.2) is 0 Å². The molecule has 0 atom stereocenters. The Morgan fingerprint density at radius 2 is 1.63 bits per heavy atom. The molecule has 2 aromatic rings. The highest BCUT2D eigenvalue weighted by atomic mass is 32.2. The lowest BCUT2D eigenvalue weighted by molar-refractivity contribution is -0.131. The number of aryl methyl sites for hydroxylation is 1. The summed E-state index contributed by atoms with van der Waals surface area (Å²) in [5.74, 6) is 0.0118. The molecule has 0 spiro atoms. The first-order valence-corrected chi connectivity index (χ1v) is 12.1. The molecule has 0 saturated carbocycles. The van der Waals surface area contributed by atoms with E-state index in [2.05, 4.69) is 5.32 Å². The second-order valence-corrected chi connectivity index (χ2v) is 9.46. The van der Waals surface area contributed by atoms with E-state index in [1.807, 2.05) is 54.3 Å². The molecule has 1 aliphatic rings. The first-order valence-electron chi connectivity index (χ1n) is 10.6. The second kappa shape index (κ2) is 10.7. The van der Waals surface area contributed by atoms with Gasteiger partial charge in [0.05, 0.1) is 4.90 Å². The molecule has 1 saturated heterocycles. The van der Waals surface area contributed by atoms with Crippen LogP contribution in [0.5, 0.6) is 0 Å². The molecule has 30 heavy (non-hydrogen) atoms. The van der Waals surface area contributed by atoms with Gasteiger partial charge in [0.25, 0.3) is 0 Å². The minimum absolute atomic E-state index is 0.0118. The van der Waals surface area contributed by atoms with Crippen LogP contribution in [-0.4, -0.2) is 62.8 Å². The number of nitrogens with one attached hydrogen (secondary N) is 1. The molecule has 0 bridgehead atoms. The summed E-state index contributed by atoms with van der Waals surface area (Å²) in [6.45, 7) is 5.49. The number of hydrogen-bond donors (Lipinski definition) is 1. The number of hydrogen-bond acceptors (Lipinski definition) is 4. The fourth-order valence-electron chi connectivity index (χ4n) is 3.59. The van der Waals surface area contributed by atoms with E-state index >= 15 is 0 Å². The third kappa shape index (κ3) is 5.90. The summed E-state index contributed by atoms with van der Waals surface area (Å²) in [4.78, 5) is 14.7. The van der Waals surface area contributed by atoms with Gasteiger partial charge >= 0.3 is 0 Å². The highest BCUT2D eigenvalue weighted by Crippen LogP contribution is 2.18. The number of rotatable bonds is 9. The molecule has 0 radical (unpaired) electrons. The van der Waals surface area contributed by atoms with E-state index in [9.17, 15) is 13.2 Å². The monoisotopic (exact) mass is 429 g/mol. The predicted octanol–water partition coefficient (Wildman–Crippen LogP) is 2.30. The zero-order valence-corrected chi connectivity index (χ0v) is 18.4. The summed E-state index contributed by atoms with van der Waals surface area (Å²) in [6, 6.07) is 16.9. The SMILES string of the molecule is CCc1ccc(S(=O)(=O)N(CCC(=O)N2CCNCC2)CCc2ccccc2)cc1. The van der Waals surface area contributed by atoms with Crippen LogP contribution in [0.4, 0.5) is 0 Å². The summed E-state index contributed by atoms with van der Waals surface area (Å²) < 4.78 is 28.1. The van der Waals surface area contributed by atoms with Crippen molar-refractivity contribution in [3.63, 3.8) is 0 Å². The maximum Gasteiger partial charge on any atom is 0.243 e. The van der Waals surface area contributed by atoms with Gasteiger partial charge < -0.3 is 10.2 Å². The van der Waals surface area contributed by atoms with Crippen molar-refractivity contribution in [1.29, 1.82) is 0 Å². The van der Waals surface area contributed by atoms with E-state index in [-0.39, 0.29) is 23.8 Å². The van der Waals surface area contributed by atoms with Gasteiger partial charge in [0, 0.05) is 45.7 Å². The zero-order chi connectivity index (χ0) is 21.4. The van der Waals surface area contributed by atoms with Gasteiger partial charge in [-0.1, -0.05) is 49.4 Å². The van der Waals surface area contributed by atoms with Gasteiger partial charge in [-0.15, -0.1) is 0 Å². The molecule has 1 fully saturated rings. The van der Waals surface area contributed by atoms with Gasteiger partial charge in [0.2, 0.25) is 15.9 Å². The fraction of sp³-hybridized carbons (Fsp3) is 0.435. The number of carbonyl (C=O) groups is 1. The summed E-state index contributed by atoms with van der Waals surface area (Å²) in [5.41, 5.74) is 2.17. The predicted molar refractivity (Wildman–Crippen MR) is 119 cm³/mol. The van der Waals surface area contributed by atoms with Gasteiger partial charge in [-0.2, -0.15) is 4.31 Å². The summed E-state index contributed by atoms with van der Waals surface area (Å²) in [7, 11) is -3.67. The number of carbonyl (C=O) groups excluding carboxylic acids is 1. The molecule has 1 aliphatic heterocycles.